The molecule has 0 aliphatic rings. The van der Waals surface area contributed by atoms with E-state index in [1.54, 1.807) is 17.9 Å². The number of hydrogen-bond donors (Lipinski definition) is 0. The van der Waals surface area contributed by atoms with Gasteiger partial charge in [0.1, 0.15) is 17.5 Å². The predicted octanol–water partition coefficient (Wildman–Crippen LogP) is 4.12. The van der Waals surface area contributed by atoms with Gasteiger partial charge in [0.2, 0.25) is 0 Å². The van der Waals surface area contributed by atoms with Gasteiger partial charge in [-0.05, 0) is 44.0 Å². The molecule has 0 atom stereocenters. The molecule has 0 aliphatic carbocycles. The lowest BCUT2D eigenvalue weighted by molar-refractivity contribution is 0.292. The van der Waals surface area contributed by atoms with Crippen LogP contribution in [0, 0.1) is 0 Å². The van der Waals surface area contributed by atoms with Crippen molar-refractivity contribution in [3.05, 3.63) is 44.3 Å². The van der Waals surface area contributed by atoms with Crippen LogP contribution in [0.1, 0.15) is 5.82 Å². The molecule has 108 valence electrons. The third-order valence-electron chi connectivity index (χ3n) is 2.86. The van der Waals surface area contributed by atoms with Crippen molar-refractivity contribution in [2.75, 3.05) is 0 Å². The van der Waals surface area contributed by atoms with Crippen molar-refractivity contribution >= 4 is 54.5 Å². The third-order valence-corrected chi connectivity index (χ3v) is 4.39. The second-order valence-electron chi connectivity index (χ2n) is 4.28. The zero-order valence-electron chi connectivity index (χ0n) is 10.8. The molecule has 21 heavy (non-hydrogen) atoms. The van der Waals surface area contributed by atoms with Crippen LogP contribution in [-0.4, -0.2) is 19.7 Å². The Hall–Kier alpha value is -1.18. The summed E-state index contributed by atoms with van der Waals surface area (Å²) in [5.74, 6) is 1.20. The Kier molecular flexibility index (Phi) is 4.14. The van der Waals surface area contributed by atoms with E-state index in [0.717, 1.165) is 14.3 Å². The smallest absolute Gasteiger partial charge is 0.170 e. The molecule has 0 fully saturated rings. The van der Waals surface area contributed by atoms with Crippen LogP contribution in [0.2, 0.25) is 5.15 Å². The molecule has 8 heteroatoms. The molecule has 2 aromatic heterocycles. The standard InChI is InChI=1S/C13H9Br2ClN4O/c1-20-13-7(5-17-20)12(16)18-10(19-13)6-21-11-8(14)3-2-4-9(11)15/h2-5H,6H2,1H3. The maximum Gasteiger partial charge on any atom is 0.170 e. The molecule has 0 saturated heterocycles. The second kappa shape index (κ2) is 5.90. The first-order valence-corrected chi connectivity index (χ1v) is 7.93. The predicted molar refractivity (Wildman–Crippen MR) is 87.5 cm³/mol. The molecule has 2 heterocycles. The van der Waals surface area contributed by atoms with Gasteiger partial charge in [-0.1, -0.05) is 17.7 Å². The summed E-state index contributed by atoms with van der Waals surface area (Å²) in [6.45, 7) is 0.210. The number of halogens is 3. The van der Waals surface area contributed by atoms with Crippen molar-refractivity contribution in [3.8, 4) is 5.75 Å². The van der Waals surface area contributed by atoms with Crippen LogP contribution in [-0.2, 0) is 13.7 Å². The van der Waals surface area contributed by atoms with E-state index in [1.165, 1.54) is 0 Å². The van der Waals surface area contributed by atoms with Gasteiger partial charge in [0.05, 0.1) is 20.5 Å². The van der Waals surface area contributed by atoms with E-state index in [0.29, 0.717) is 22.4 Å². The van der Waals surface area contributed by atoms with Crippen molar-refractivity contribution < 1.29 is 4.74 Å². The fourth-order valence-corrected chi connectivity index (χ4v) is 3.31. The van der Waals surface area contributed by atoms with Crippen LogP contribution in [0.5, 0.6) is 5.75 Å². The zero-order chi connectivity index (χ0) is 15.0. The SMILES string of the molecule is Cn1ncc2c(Cl)nc(COc3c(Br)cccc3Br)nc21. The number of para-hydroxylation sites is 1. The van der Waals surface area contributed by atoms with Gasteiger partial charge in [-0.25, -0.2) is 9.97 Å². The molecule has 0 bridgehead atoms. The Bertz CT molecular complexity index is 801. The van der Waals surface area contributed by atoms with Crippen LogP contribution >= 0.6 is 43.5 Å². The molecule has 3 aromatic rings. The Morgan fingerprint density at radius 3 is 2.67 bits per heavy atom. The van der Waals surface area contributed by atoms with E-state index in [1.807, 2.05) is 18.2 Å². The molecule has 0 aliphatic heterocycles. The molecule has 1 aromatic carbocycles. The number of benzene rings is 1. The van der Waals surface area contributed by atoms with E-state index in [-0.39, 0.29) is 6.61 Å². The summed E-state index contributed by atoms with van der Waals surface area (Å²) in [6, 6.07) is 5.71. The molecule has 0 saturated carbocycles. The van der Waals surface area contributed by atoms with Crippen molar-refractivity contribution in [2.24, 2.45) is 7.05 Å². The minimum atomic E-state index is 0.210. The van der Waals surface area contributed by atoms with Gasteiger partial charge in [-0.15, -0.1) is 0 Å². The van der Waals surface area contributed by atoms with E-state index in [2.05, 4.69) is 46.9 Å². The first-order valence-electron chi connectivity index (χ1n) is 5.97. The van der Waals surface area contributed by atoms with Gasteiger partial charge in [-0.3, -0.25) is 4.68 Å². The first-order chi connectivity index (χ1) is 10.1. The maximum atomic E-state index is 6.14. The fraction of sp³-hybridized carbons (Fsp3) is 0.154. The molecule has 3 rings (SSSR count). The largest absolute Gasteiger partial charge is 0.483 e. The summed E-state index contributed by atoms with van der Waals surface area (Å²) in [5, 5.41) is 5.22. The number of ether oxygens (including phenoxy) is 1. The number of nitrogens with zero attached hydrogens (tertiary/aromatic N) is 4. The molecule has 0 spiro atoms. The van der Waals surface area contributed by atoms with E-state index in [4.69, 9.17) is 16.3 Å². The maximum absolute atomic E-state index is 6.14. The number of hydrogen-bond acceptors (Lipinski definition) is 4. The summed E-state index contributed by atoms with van der Waals surface area (Å²) in [5.41, 5.74) is 0.680. The quantitative estimate of drug-likeness (QED) is 0.585. The Morgan fingerprint density at radius 1 is 1.24 bits per heavy atom. The van der Waals surface area contributed by atoms with Crippen LogP contribution in [0.25, 0.3) is 11.0 Å². The molecule has 0 N–H and O–H groups in total. The third kappa shape index (κ3) is 2.90. The lowest BCUT2D eigenvalue weighted by atomic mass is 10.3. The number of rotatable bonds is 3. The summed E-state index contributed by atoms with van der Waals surface area (Å²) < 4.78 is 9.12. The summed E-state index contributed by atoms with van der Waals surface area (Å²) in [6.07, 6.45) is 1.65. The summed E-state index contributed by atoms with van der Waals surface area (Å²) >= 11 is 13.0. The molecule has 5 nitrogen and oxygen atoms in total. The highest BCUT2D eigenvalue weighted by Crippen LogP contribution is 2.33. The fourth-order valence-electron chi connectivity index (χ4n) is 1.85. The number of aromatic nitrogens is 4. The molecular weight excluding hydrogens is 423 g/mol. The zero-order valence-corrected chi connectivity index (χ0v) is 14.8. The number of aryl methyl sites for hydroxylation is 1. The monoisotopic (exact) mass is 430 g/mol. The minimum absolute atomic E-state index is 0.210. The molecule has 0 amide bonds. The first kappa shape index (κ1) is 14.7. The average molecular weight is 433 g/mol. The highest BCUT2D eigenvalue weighted by Gasteiger charge is 2.12. The normalized spacial score (nSPS) is 11.0. The van der Waals surface area contributed by atoms with Crippen molar-refractivity contribution in [1.82, 2.24) is 19.7 Å². The van der Waals surface area contributed by atoms with Gasteiger partial charge in [-0.2, -0.15) is 5.10 Å². The average Bonchev–Trinajstić information content (AvgIpc) is 2.81. The van der Waals surface area contributed by atoms with Crippen molar-refractivity contribution in [1.29, 1.82) is 0 Å². The van der Waals surface area contributed by atoms with Gasteiger partial charge in [0.25, 0.3) is 0 Å². The highest BCUT2D eigenvalue weighted by molar-refractivity contribution is 9.11. The van der Waals surface area contributed by atoms with Crippen LogP contribution in [0.3, 0.4) is 0 Å². The van der Waals surface area contributed by atoms with Crippen LogP contribution in [0.4, 0.5) is 0 Å². The van der Waals surface area contributed by atoms with Crippen LogP contribution < -0.4 is 4.74 Å². The summed E-state index contributed by atoms with van der Waals surface area (Å²) in [7, 11) is 1.81. The Morgan fingerprint density at radius 2 is 1.95 bits per heavy atom. The summed E-state index contributed by atoms with van der Waals surface area (Å²) in [4.78, 5) is 8.65. The molecule has 0 unspecified atom stereocenters. The van der Waals surface area contributed by atoms with Crippen molar-refractivity contribution in [2.45, 2.75) is 6.61 Å². The molecule has 0 radical (unpaired) electrons. The van der Waals surface area contributed by atoms with Gasteiger partial charge in [0, 0.05) is 7.05 Å². The topological polar surface area (TPSA) is 52.8 Å². The van der Waals surface area contributed by atoms with E-state index in [9.17, 15) is 0 Å². The van der Waals surface area contributed by atoms with Gasteiger partial charge >= 0.3 is 0 Å². The second-order valence-corrected chi connectivity index (χ2v) is 6.34. The lowest BCUT2D eigenvalue weighted by Gasteiger charge is -2.09. The Balaban J connectivity index is 1.90. The van der Waals surface area contributed by atoms with Crippen LogP contribution in [0.15, 0.2) is 33.3 Å². The van der Waals surface area contributed by atoms with Crippen molar-refractivity contribution in [3.63, 3.8) is 0 Å². The van der Waals surface area contributed by atoms with E-state index >= 15 is 0 Å². The van der Waals surface area contributed by atoms with Gasteiger partial charge < -0.3 is 4.74 Å². The minimum Gasteiger partial charge on any atom is -0.483 e. The van der Waals surface area contributed by atoms with E-state index < -0.39 is 0 Å². The number of fused-ring (bicyclic) bond motifs is 1. The highest BCUT2D eigenvalue weighted by atomic mass is 79.9. The Labute approximate surface area is 142 Å². The molecular formula is C13H9Br2ClN4O. The van der Waals surface area contributed by atoms with Gasteiger partial charge in [0.15, 0.2) is 11.5 Å². The lowest BCUT2D eigenvalue weighted by Crippen LogP contribution is -2.04.